The van der Waals surface area contributed by atoms with Crippen LogP contribution in [0.2, 0.25) is 5.02 Å². The van der Waals surface area contributed by atoms with Crippen molar-refractivity contribution in [1.82, 2.24) is 10.3 Å². The predicted molar refractivity (Wildman–Crippen MR) is 58.3 cm³/mol. The number of halogens is 1. The lowest BCUT2D eigenvalue weighted by Gasteiger charge is -2.12. The van der Waals surface area contributed by atoms with Crippen LogP contribution in [0.1, 0.15) is 25.3 Å². The molecule has 0 radical (unpaired) electrons. The molecule has 0 aromatic carbocycles. The van der Waals surface area contributed by atoms with E-state index in [-0.39, 0.29) is 0 Å². The molecule has 3 heteroatoms. The molecular formula is C11H15ClN2. The van der Waals surface area contributed by atoms with Crippen LogP contribution >= 0.6 is 11.6 Å². The summed E-state index contributed by atoms with van der Waals surface area (Å²) in [6.07, 6.45) is 6.22. The third-order valence-corrected chi connectivity index (χ3v) is 3.14. The molecule has 0 spiro atoms. The Labute approximate surface area is 89.7 Å². The van der Waals surface area contributed by atoms with Crippen molar-refractivity contribution in [2.45, 2.75) is 32.4 Å². The van der Waals surface area contributed by atoms with E-state index >= 15 is 0 Å². The minimum Gasteiger partial charge on any atom is -0.310 e. The standard InChI is InChI=1S/C11H15ClN2/c1-8(9-2-3-9)14-6-10-4-5-13-7-11(10)12/h4-5,7-9,14H,2-3,6H2,1H3. The average molecular weight is 211 g/mol. The van der Waals surface area contributed by atoms with Gasteiger partial charge in [-0.2, -0.15) is 0 Å². The Bertz CT molecular complexity index is 310. The van der Waals surface area contributed by atoms with Gasteiger partial charge in [0.05, 0.1) is 5.02 Å². The van der Waals surface area contributed by atoms with E-state index in [1.54, 1.807) is 12.4 Å². The van der Waals surface area contributed by atoms with Gasteiger partial charge in [-0.25, -0.2) is 0 Å². The molecule has 1 unspecified atom stereocenters. The maximum Gasteiger partial charge on any atom is 0.0634 e. The zero-order chi connectivity index (χ0) is 9.97. The molecule has 1 aliphatic carbocycles. The Kier molecular flexibility index (Phi) is 3.04. The fraction of sp³-hybridized carbons (Fsp3) is 0.545. The summed E-state index contributed by atoms with van der Waals surface area (Å²) in [7, 11) is 0. The first-order valence-corrected chi connectivity index (χ1v) is 5.47. The van der Waals surface area contributed by atoms with Gasteiger partial charge < -0.3 is 5.32 Å². The third kappa shape index (κ3) is 2.46. The minimum atomic E-state index is 0.610. The number of rotatable bonds is 4. The maximum absolute atomic E-state index is 6.00. The topological polar surface area (TPSA) is 24.9 Å². The number of hydrogen-bond donors (Lipinski definition) is 1. The first-order chi connectivity index (χ1) is 6.77. The lowest BCUT2D eigenvalue weighted by molar-refractivity contribution is 0.496. The summed E-state index contributed by atoms with van der Waals surface area (Å²) in [5, 5.41) is 4.24. The molecule has 1 aliphatic rings. The molecule has 1 N–H and O–H groups in total. The normalized spacial score (nSPS) is 18.1. The van der Waals surface area contributed by atoms with Crippen molar-refractivity contribution in [2.24, 2.45) is 5.92 Å². The van der Waals surface area contributed by atoms with E-state index in [1.165, 1.54) is 12.8 Å². The van der Waals surface area contributed by atoms with E-state index in [2.05, 4.69) is 17.2 Å². The second-order valence-electron chi connectivity index (χ2n) is 3.97. The van der Waals surface area contributed by atoms with E-state index in [1.807, 2.05) is 6.07 Å². The molecule has 1 saturated carbocycles. The Hall–Kier alpha value is -0.600. The first kappa shape index (κ1) is 9.94. The molecule has 0 amide bonds. The predicted octanol–water partition coefficient (Wildman–Crippen LogP) is 2.62. The van der Waals surface area contributed by atoms with Crippen molar-refractivity contribution in [3.8, 4) is 0 Å². The van der Waals surface area contributed by atoms with E-state index in [4.69, 9.17) is 11.6 Å². The average Bonchev–Trinajstić information content (AvgIpc) is 2.99. The minimum absolute atomic E-state index is 0.610. The summed E-state index contributed by atoms with van der Waals surface area (Å²) in [6, 6.07) is 2.58. The van der Waals surface area contributed by atoms with Gasteiger partial charge in [0.2, 0.25) is 0 Å². The number of aromatic nitrogens is 1. The maximum atomic E-state index is 6.00. The van der Waals surface area contributed by atoms with Crippen LogP contribution in [0.5, 0.6) is 0 Å². The van der Waals surface area contributed by atoms with E-state index in [0.29, 0.717) is 6.04 Å². The SMILES string of the molecule is CC(NCc1ccncc1Cl)C1CC1. The van der Waals surface area contributed by atoms with Crippen LogP contribution in [0.15, 0.2) is 18.5 Å². The molecular weight excluding hydrogens is 196 g/mol. The van der Waals surface area contributed by atoms with Gasteiger partial charge in [0, 0.05) is 25.0 Å². The van der Waals surface area contributed by atoms with Crippen LogP contribution in [0, 0.1) is 5.92 Å². The highest BCUT2D eigenvalue weighted by Gasteiger charge is 2.27. The van der Waals surface area contributed by atoms with Gasteiger partial charge in [0.25, 0.3) is 0 Å². The number of nitrogens with one attached hydrogen (secondary N) is 1. The zero-order valence-corrected chi connectivity index (χ0v) is 9.09. The van der Waals surface area contributed by atoms with Crippen LogP contribution in [-0.4, -0.2) is 11.0 Å². The van der Waals surface area contributed by atoms with Gasteiger partial charge in [-0.3, -0.25) is 4.98 Å². The molecule has 1 aromatic heterocycles. The molecule has 1 atom stereocenters. The van der Waals surface area contributed by atoms with E-state index in [0.717, 1.165) is 23.0 Å². The molecule has 76 valence electrons. The van der Waals surface area contributed by atoms with Crippen molar-refractivity contribution in [1.29, 1.82) is 0 Å². The summed E-state index contributed by atoms with van der Waals surface area (Å²) in [5.74, 6) is 0.885. The van der Waals surface area contributed by atoms with Gasteiger partial charge in [0.15, 0.2) is 0 Å². The Morgan fingerprint density at radius 3 is 3.07 bits per heavy atom. The van der Waals surface area contributed by atoms with Gasteiger partial charge >= 0.3 is 0 Å². The molecule has 2 nitrogen and oxygen atoms in total. The fourth-order valence-electron chi connectivity index (χ4n) is 1.58. The molecule has 14 heavy (non-hydrogen) atoms. The molecule has 0 bridgehead atoms. The van der Waals surface area contributed by atoms with Crippen molar-refractivity contribution in [2.75, 3.05) is 0 Å². The summed E-state index contributed by atoms with van der Waals surface area (Å²) in [5.41, 5.74) is 1.13. The highest BCUT2D eigenvalue weighted by atomic mass is 35.5. The number of hydrogen-bond acceptors (Lipinski definition) is 2. The van der Waals surface area contributed by atoms with Crippen LogP contribution in [0.4, 0.5) is 0 Å². The lowest BCUT2D eigenvalue weighted by atomic mass is 10.2. The third-order valence-electron chi connectivity index (χ3n) is 2.80. The largest absolute Gasteiger partial charge is 0.310 e. The first-order valence-electron chi connectivity index (χ1n) is 5.09. The molecule has 2 rings (SSSR count). The van der Waals surface area contributed by atoms with Gasteiger partial charge in [-0.05, 0) is 37.3 Å². The summed E-state index contributed by atoms with van der Waals surface area (Å²) < 4.78 is 0. The quantitative estimate of drug-likeness (QED) is 0.827. The monoisotopic (exact) mass is 210 g/mol. The molecule has 1 fully saturated rings. The summed E-state index contributed by atoms with van der Waals surface area (Å²) in [4.78, 5) is 3.96. The van der Waals surface area contributed by atoms with E-state index in [9.17, 15) is 0 Å². The van der Waals surface area contributed by atoms with Crippen molar-refractivity contribution in [3.63, 3.8) is 0 Å². The Morgan fingerprint density at radius 1 is 1.64 bits per heavy atom. The van der Waals surface area contributed by atoms with Crippen molar-refractivity contribution < 1.29 is 0 Å². The summed E-state index contributed by atoms with van der Waals surface area (Å²) in [6.45, 7) is 3.09. The van der Waals surface area contributed by atoms with Gasteiger partial charge in [-0.15, -0.1) is 0 Å². The fourth-order valence-corrected chi connectivity index (χ4v) is 1.77. The van der Waals surface area contributed by atoms with Crippen molar-refractivity contribution in [3.05, 3.63) is 29.0 Å². The smallest absolute Gasteiger partial charge is 0.0634 e. The lowest BCUT2D eigenvalue weighted by Crippen LogP contribution is -2.27. The van der Waals surface area contributed by atoms with Crippen molar-refractivity contribution >= 4 is 11.6 Å². The zero-order valence-electron chi connectivity index (χ0n) is 8.33. The highest BCUT2D eigenvalue weighted by Crippen LogP contribution is 2.32. The van der Waals surface area contributed by atoms with E-state index < -0.39 is 0 Å². The van der Waals surface area contributed by atoms with Gasteiger partial charge in [0.1, 0.15) is 0 Å². The molecule has 1 heterocycles. The Balaban J connectivity index is 1.87. The van der Waals surface area contributed by atoms with Gasteiger partial charge in [-0.1, -0.05) is 11.6 Å². The number of nitrogens with zero attached hydrogens (tertiary/aromatic N) is 1. The Morgan fingerprint density at radius 2 is 2.43 bits per heavy atom. The van der Waals surface area contributed by atoms with Crippen LogP contribution in [0.25, 0.3) is 0 Å². The highest BCUT2D eigenvalue weighted by molar-refractivity contribution is 6.31. The second kappa shape index (κ2) is 4.28. The second-order valence-corrected chi connectivity index (χ2v) is 4.38. The van der Waals surface area contributed by atoms with Crippen LogP contribution in [0.3, 0.4) is 0 Å². The summed E-state index contributed by atoms with van der Waals surface area (Å²) >= 11 is 6.00. The van der Waals surface area contributed by atoms with Crippen LogP contribution in [-0.2, 0) is 6.54 Å². The number of pyridine rings is 1. The molecule has 0 saturated heterocycles. The molecule has 0 aliphatic heterocycles. The molecule has 1 aromatic rings. The van der Waals surface area contributed by atoms with Crippen LogP contribution < -0.4 is 5.32 Å².